The second-order valence-electron chi connectivity index (χ2n) is 6.99. The fourth-order valence-corrected chi connectivity index (χ4v) is 3.09. The molecule has 5 nitrogen and oxygen atoms in total. The number of benzene rings is 2. The van der Waals surface area contributed by atoms with Crippen LogP contribution in [-0.2, 0) is 17.9 Å². The number of carbonyl (C=O) groups excluding carboxylic acids is 1. The summed E-state index contributed by atoms with van der Waals surface area (Å²) >= 11 is 5.93. The van der Waals surface area contributed by atoms with Crippen LogP contribution >= 0.6 is 11.6 Å². The minimum Gasteiger partial charge on any atom is -0.357 e. The van der Waals surface area contributed by atoms with Gasteiger partial charge in [-0.3, -0.25) is 4.79 Å². The molecule has 1 aliphatic carbocycles. The van der Waals surface area contributed by atoms with Crippen LogP contribution in [0, 0.1) is 5.92 Å². The Morgan fingerprint density at radius 2 is 1.89 bits per heavy atom. The first-order valence-corrected chi connectivity index (χ1v) is 10.2. The lowest BCUT2D eigenvalue weighted by molar-refractivity contribution is -0.122. The van der Waals surface area contributed by atoms with Crippen molar-refractivity contribution in [3.63, 3.8) is 0 Å². The van der Waals surface area contributed by atoms with Gasteiger partial charge in [0.25, 0.3) is 0 Å². The molecule has 0 aromatic heterocycles. The Kier molecular flexibility index (Phi) is 7.31. The van der Waals surface area contributed by atoms with Crippen LogP contribution in [0.1, 0.15) is 37.3 Å². The van der Waals surface area contributed by atoms with E-state index in [9.17, 15) is 4.79 Å². The van der Waals surface area contributed by atoms with E-state index < -0.39 is 0 Å². The van der Waals surface area contributed by atoms with Gasteiger partial charge >= 0.3 is 0 Å². The van der Waals surface area contributed by atoms with Gasteiger partial charge in [-0.05, 0) is 55.2 Å². The summed E-state index contributed by atoms with van der Waals surface area (Å²) in [6.07, 6.45) is 3.16. The Morgan fingerprint density at radius 3 is 2.57 bits per heavy atom. The molecule has 3 rings (SSSR count). The monoisotopic (exact) mass is 398 g/mol. The Labute approximate surface area is 171 Å². The zero-order chi connectivity index (χ0) is 19.8. The number of carbonyl (C=O) groups is 1. The summed E-state index contributed by atoms with van der Waals surface area (Å²) < 4.78 is 0. The largest absolute Gasteiger partial charge is 0.357 e. The molecular weight excluding hydrogens is 372 g/mol. The van der Waals surface area contributed by atoms with Crippen molar-refractivity contribution in [1.29, 1.82) is 0 Å². The molecule has 0 heterocycles. The van der Waals surface area contributed by atoms with Crippen molar-refractivity contribution in [1.82, 2.24) is 10.6 Å². The Balaban J connectivity index is 1.57. The van der Waals surface area contributed by atoms with Gasteiger partial charge in [-0.15, -0.1) is 0 Å². The van der Waals surface area contributed by atoms with Gasteiger partial charge in [-0.1, -0.05) is 42.3 Å². The van der Waals surface area contributed by atoms with Crippen molar-refractivity contribution in [2.24, 2.45) is 10.9 Å². The Hall–Kier alpha value is -2.53. The predicted octanol–water partition coefficient (Wildman–Crippen LogP) is 4.33. The summed E-state index contributed by atoms with van der Waals surface area (Å²) in [4.78, 5) is 16.8. The fourth-order valence-electron chi connectivity index (χ4n) is 2.96. The lowest BCUT2D eigenvalue weighted by atomic mass is 9.85. The topological polar surface area (TPSA) is 65.5 Å². The lowest BCUT2D eigenvalue weighted by Crippen LogP contribution is -2.36. The summed E-state index contributed by atoms with van der Waals surface area (Å²) in [5.41, 5.74) is 3.02. The fraction of sp³-hybridized carbons (Fsp3) is 0.364. The molecule has 0 aliphatic heterocycles. The standard InChI is InChI=1S/C22H27ClN4O/c1-2-24-22(25-14-16-9-11-19(23)12-10-16)26-15-17-5-3-8-20(13-17)27-21(28)18-6-4-7-18/h3,5,8-13,18H,2,4,6-7,14-15H2,1H3,(H,27,28)(H2,24,25,26). The van der Waals surface area contributed by atoms with Gasteiger partial charge in [-0.2, -0.15) is 0 Å². The summed E-state index contributed by atoms with van der Waals surface area (Å²) in [5.74, 6) is 1.06. The van der Waals surface area contributed by atoms with Crippen LogP contribution in [0.25, 0.3) is 0 Å². The number of rotatable bonds is 7. The molecule has 0 radical (unpaired) electrons. The molecular formula is C22H27ClN4O. The van der Waals surface area contributed by atoms with Gasteiger partial charge in [-0.25, -0.2) is 4.99 Å². The van der Waals surface area contributed by atoms with E-state index in [0.717, 1.165) is 53.6 Å². The van der Waals surface area contributed by atoms with Gasteiger partial charge in [0.15, 0.2) is 5.96 Å². The molecule has 1 amide bonds. The normalized spacial score (nSPS) is 14.3. The number of guanidine groups is 1. The highest BCUT2D eigenvalue weighted by Crippen LogP contribution is 2.27. The molecule has 1 saturated carbocycles. The smallest absolute Gasteiger partial charge is 0.227 e. The minimum absolute atomic E-state index is 0.130. The molecule has 148 valence electrons. The van der Waals surface area contributed by atoms with Crippen molar-refractivity contribution in [2.45, 2.75) is 39.3 Å². The number of anilines is 1. The Bertz CT molecular complexity index is 816. The minimum atomic E-state index is 0.130. The highest BCUT2D eigenvalue weighted by molar-refractivity contribution is 6.30. The third kappa shape index (κ3) is 5.99. The second kappa shape index (κ2) is 10.1. The SMILES string of the molecule is CCNC(=NCc1cccc(NC(=O)C2CCC2)c1)NCc1ccc(Cl)cc1. The van der Waals surface area contributed by atoms with E-state index >= 15 is 0 Å². The van der Waals surface area contributed by atoms with Crippen LogP contribution in [0.3, 0.4) is 0 Å². The summed E-state index contributed by atoms with van der Waals surface area (Å²) in [7, 11) is 0. The molecule has 1 aliphatic rings. The number of hydrogen-bond donors (Lipinski definition) is 3. The number of nitrogens with zero attached hydrogens (tertiary/aromatic N) is 1. The summed E-state index contributed by atoms with van der Waals surface area (Å²) in [6, 6.07) is 15.6. The number of aliphatic imine (C=N–C) groups is 1. The van der Waals surface area contributed by atoms with Gasteiger partial charge in [0.05, 0.1) is 6.54 Å². The van der Waals surface area contributed by atoms with E-state index in [0.29, 0.717) is 13.1 Å². The maximum Gasteiger partial charge on any atom is 0.227 e. The molecule has 2 aromatic carbocycles. The van der Waals surface area contributed by atoms with E-state index in [4.69, 9.17) is 11.6 Å². The molecule has 0 saturated heterocycles. The summed E-state index contributed by atoms with van der Waals surface area (Å²) in [6.45, 7) is 4.02. The molecule has 0 bridgehead atoms. The highest BCUT2D eigenvalue weighted by atomic mass is 35.5. The van der Waals surface area contributed by atoms with Crippen LogP contribution in [0.2, 0.25) is 5.02 Å². The van der Waals surface area contributed by atoms with Crippen LogP contribution < -0.4 is 16.0 Å². The van der Waals surface area contributed by atoms with Gasteiger partial charge in [0.1, 0.15) is 0 Å². The maximum absolute atomic E-state index is 12.1. The highest BCUT2D eigenvalue weighted by Gasteiger charge is 2.25. The number of hydrogen-bond acceptors (Lipinski definition) is 2. The van der Waals surface area contributed by atoms with Crippen molar-refractivity contribution in [3.8, 4) is 0 Å². The maximum atomic E-state index is 12.1. The van der Waals surface area contributed by atoms with Gasteiger partial charge in [0, 0.05) is 29.7 Å². The van der Waals surface area contributed by atoms with Crippen LogP contribution in [0.4, 0.5) is 5.69 Å². The number of amides is 1. The van der Waals surface area contributed by atoms with Crippen molar-refractivity contribution in [3.05, 3.63) is 64.7 Å². The molecule has 6 heteroatoms. The molecule has 0 atom stereocenters. The van der Waals surface area contributed by atoms with Gasteiger partial charge < -0.3 is 16.0 Å². The molecule has 0 unspecified atom stereocenters. The lowest BCUT2D eigenvalue weighted by Gasteiger charge is -2.24. The first kappa shape index (κ1) is 20.2. The Morgan fingerprint density at radius 1 is 1.11 bits per heavy atom. The zero-order valence-corrected chi connectivity index (χ0v) is 16.9. The van der Waals surface area contributed by atoms with E-state index in [1.807, 2.05) is 55.5 Å². The molecule has 0 spiro atoms. The van der Waals surface area contributed by atoms with Crippen molar-refractivity contribution in [2.75, 3.05) is 11.9 Å². The van der Waals surface area contributed by atoms with E-state index in [1.165, 1.54) is 0 Å². The van der Waals surface area contributed by atoms with Crippen LogP contribution in [0.5, 0.6) is 0 Å². The quantitative estimate of drug-likeness (QED) is 0.480. The predicted molar refractivity (Wildman–Crippen MR) is 116 cm³/mol. The van der Waals surface area contributed by atoms with E-state index in [2.05, 4.69) is 20.9 Å². The number of nitrogens with one attached hydrogen (secondary N) is 3. The molecule has 2 aromatic rings. The van der Waals surface area contributed by atoms with Crippen molar-refractivity contribution < 1.29 is 4.79 Å². The second-order valence-corrected chi connectivity index (χ2v) is 7.43. The third-order valence-corrected chi connectivity index (χ3v) is 5.06. The molecule has 28 heavy (non-hydrogen) atoms. The number of halogens is 1. The van der Waals surface area contributed by atoms with E-state index in [-0.39, 0.29) is 11.8 Å². The van der Waals surface area contributed by atoms with E-state index in [1.54, 1.807) is 0 Å². The molecule has 3 N–H and O–H groups in total. The first-order valence-electron chi connectivity index (χ1n) is 9.80. The zero-order valence-electron chi connectivity index (χ0n) is 16.2. The average Bonchev–Trinajstić information content (AvgIpc) is 2.64. The average molecular weight is 399 g/mol. The van der Waals surface area contributed by atoms with Gasteiger partial charge in [0.2, 0.25) is 5.91 Å². The summed E-state index contributed by atoms with van der Waals surface area (Å²) in [5, 5.41) is 10.3. The van der Waals surface area contributed by atoms with Crippen molar-refractivity contribution >= 4 is 29.2 Å². The molecule has 1 fully saturated rings. The third-order valence-electron chi connectivity index (χ3n) is 4.81. The van der Waals surface area contributed by atoms with Crippen LogP contribution in [0.15, 0.2) is 53.5 Å². The first-order chi connectivity index (χ1) is 13.6. The van der Waals surface area contributed by atoms with Crippen LogP contribution in [-0.4, -0.2) is 18.4 Å².